The summed E-state index contributed by atoms with van der Waals surface area (Å²) in [6.45, 7) is 1.29. The highest BCUT2D eigenvalue weighted by atomic mass is 16.5. The Bertz CT molecular complexity index is 448. The van der Waals surface area contributed by atoms with Gasteiger partial charge in [0.2, 0.25) is 0 Å². The van der Waals surface area contributed by atoms with Gasteiger partial charge in [-0.25, -0.2) is 0 Å². The summed E-state index contributed by atoms with van der Waals surface area (Å²) in [7, 11) is 3.09. The number of nitrogens with zero attached hydrogens (tertiary/aromatic N) is 1. The van der Waals surface area contributed by atoms with Gasteiger partial charge in [0.25, 0.3) is 5.91 Å². The molecule has 1 heterocycles. The number of nitrogens with two attached hydrogens (primary N) is 1. The lowest BCUT2D eigenvalue weighted by atomic mass is 10.1. The molecule has 5 nitrogen and oxygen atoms in total. The van der Waals surface area contributed by atoms with Crippen molar-refractivity contribution in [1.82, 2.24) is 4.90 Å². The highest BCUT2D eigenvalue weighted by Gasteiger charge is 2.27. The maximum atomic E-state index is 12.4. The Balaban J connectivity index is 2.30. The molecule has 2 N–H and O–H groups in total. The molecule has 0 aromatic heterocycles. The van der Waals surface area contributed by atoms with Crippen molar-refractivity contribution in [3.8, 4) is 11.5 Å². The number of likely N-dealkylation sites (tertiary alicyclic amines) is 1. The summed E-state index contributed by atoms with van der Waals surface area (Å²) in [4.78, 5) is 14.1. The fourth-order valence-corrected chi connectivity index (χ4v) is 2.20. The van der Waals surface area contributed by atoms with Crippen molar-refractivity contribution in [2.75, 3.05) is 27.3 Å². The molecule has 0 aliphatic carbocycles. The van der Waals surface area contributed by atoms with Crippen molar-refractivity contribution < 1.29 is 14.3 Å². The zero-order valence-corrected chi connectivity index (χ0v) is 10.7. The number of methoxy groups -OCH3 is 2. The fraction of sp³-hybridized carbons (Fsp3) is 0.462. The molecule has 1 amide bonds. The van der Waals surface area contributed by atoms with Gasteiger partial charge in [0.05, 0.1) is 19.8 Å². The molecule has 1 fully saturated rings. The van der Waals surface area contributed by atoms with Gasteiger partial charge in [0, 0.05) is 19.1 Å². The third-order valence-corrected chi connectivity index (χ3v) is 3.15. The topological polar surface area (TPSA) is 64.8 Å². The van der Waals surface area contributed by atoms with Crippen molar-refractivity contribution in [3.05, 3.63) is 23.8 Å². The summed E-state index contributed by atoms with van der Waals surface area (Å²) in [6.07, 6.45) is 0.845. The molecule has 18 heavy (non-hydrogen) atoms. The Morgan fingerprint density at radius 1 is 1.39 bits per heavy atom. The zero-order valence-electron chi connectivity index (χ0n) is 10.7. The van der Waals surface area contributed by atoms with E-state index >= 15 is 0 Å². The lowest BCUT2D eigenvalue weighted by molar-refractivity contribution is 0.0787. The molecule has 1 aliphatic rings. The summed E-state index contributed by atoms with van der Waals surface area (Å²) in [5.74, 6) is 0.982. The standard InChI is InChI=1S/C13H18N2O3/c1-17-11-5-3-4-10(12(11)18-2)13(16)15-7-6-9(14)8-15/h3-5,9H,6-8,14H2,1-2H3. The Kier molecular flexibility index (Phi) is 3.72. The fourth-order valence-electron chi connectivity index (χ4n) is 2.20. The molecule has 0 spiro atoms. The smallest absolute Gasteiger partial charge is 0.257 e. The van der Waals surface area contributed by atoms with Crippen molar-refractivity contribution in [1.29, 1.82) is 0 Å². The van der Waals surface area contributed by atoms with Crippen LogP contribution in [-0.2, 0) is 0 Å². The van der Waals surface area contributed by atoms with Crippen LogP contribution in [0.5, 0.6) is 11.5 Å². The first kappa shape index (κ1) is 12.7. The zero-order chi connectivity index (χ0) is 13.1. The number of ether oxygens (including phenoxy) is 2. The number of carbonyl (C=O) groups is 1. The van der Waals surface area contributed by atoms with E-state index in [4.69, 9.17) is 15.2 Å². The van der Waals surface area contributed by atoms with Gasteiger partial charge in [-0.3, -0.25) is 4.79 Å². The lowest BCUT2D eigenvalue weighted by Crippen LogP contribution is -2.32. The number of hydrogen-bond acceptors (Lipinski definition) is 4. The quantitative estimate of drug-likeness (QED) is 0.864. The predicted octanol–water partition coefficient (Wildman–Crippen LogP) is 0.877. The summed E-state index contributed by atoms with van der Waals surface area (Å²) >= 11 is 0. The van der Waals surface area contributed by atoms with Gasteiger partial charge in [0.15, 0.2) is 11.5 Å². The third-order valence-electron chi connectivity index (χ3n) is 3.15. The minimum absolute atomic E-state index is 0.0568. The van der Waals surface area contributed by atoms with Crippen LogP contribution in [0.3, 0.4) is 0 Å². The Labute approximate surface area is 106 Å². The molecule has 0 bridgehead atoms. The number of para-hydroxylation sites is 1. The van der Waals surface area contributed by atoms with E-state index < -0.39 is 0 Å². The van der Waals surface area contributed by atoms with E-state index in [1.165, 1.54) is 7.11 Å². The molecule has 2 rings (SSSR count). The van der Waals surface area contributed by atoms with E-state index in [9.17, 15) is 4.79 Å². The van der Waals surface area contributed by atoms with Gasteiger partial charge in [-0.05, 0) is 18.6 Å². The molecule has 0 radical (unpaired) electrons. The van der Waals surface area contributed by atoms with Crippen LogP contribution in [0.2, 0.25) is 0 Å². The molecule has 1 aromatic carbocycles. The average molecular weight is 250 g/mol. The third kappa shape index (κ3) is 2.26. The van der Waals surface area contributed by atoms with Crippen LogP contribution < -0.4 is 15.2 Å². The van der Waals surface area contributed by atoms with E-state index in [1.54, 1.807) is 30.2 Å². The van der Waals surface area contributed by atoms with Crippen LogP contribution in [0.25, 0.3) is 0 Å². The SMILES string of the molecule is COc1cccc(C(=O)N2CCC(N)C2)c1OC. The number of amides is 1. The second kappa shape index (κ2) is 5.27. The normalized spacial score (nSPS) is 18.8. The van der Waals surface area contributed by atoms with Gasteiger partial charge in [0.1, 0.15) is 0 Å². The molecule has 1 saturated heterocycles. The molecule has 5 heteroatoms. The van der Waals surface area contributed by atoms with E-state index in [-0.39, 0.29) is 11.9 Å². The number of hydrogen-bond donors (Lipinski definition) is 1. The summed E-state index contributed by atoms with van der Waals surface area (Å²) in [5.41, 5.74) is 6.34. The number of benzene rings is 1. The predicted molar refractivity (Wildman–Crippen MR) is 68.0 cm³/mol. The first-order valence-corrected chi connectivity index (χ1v) is 5.93. The molecular formula is C13H18N2O3. The molecule has 98 valence electrons. The maximum Gasteiger partial charge on any atom is 0.257 e. The maximum absolute atomic E-state index is 12.4. The number of rotatable bonds is 3. The molecule has 1 aromatic rings. The van der Waals surface area contributed by atoms with Crippen LogP contribution >= 0.6 is 0 Å². The van der Waals surface area contributed by atoms with Gasteiger partial charge in [-0.15, -0.1) is 0 Å². The first-order valence-electron chi connectivity index (χ1n) is 5.93. The summed E-state index contributed by atoms with van der Waals surface area (Å²) in [6, 6.07) is 5.37. The molecule has 0 saturated carbocycles. The minimum Gasteiger partial charge on any atom is -0.493 e. The van der Waals surface area contributed by atoms with Gasteiger partial charge < -0.3 is 20.1 Å². The Hall–Kier alpha value is -1.75. The van der Waals surface area contributed by atoms with Crippen LogP contribution in [0.4, 0.5) is 0 Å². The molecule has 1 unspecified atom stereocenters. The Morgan fingerprint density at radius 3 is 2.72 bits per heavy atom. The van der Waals surface area contributed by atoms with Gasteiger partial charge >= 0.3 is 0 Å². The molecule has 1 atom stereocenters. The van der Waals surface area contributed by atoms with Crippen molar-refractivity contribution in [2.24, 2.45) is 5.73 Å². The highest BCUT2D eigenvalue weighted by Crippen LogP contribution is 2.31. The van der Waals surface area contributed by atoms with E-state index in [0.29, 0.717) is 30.2 Å². The van der Waals surface area contributed by atoms with Crippen LogP contribution in [-0.4, -0.2) is 44.2 Å². The van der Waals surface area contributed by atoms with E-state index in [0.717, 1.165) is 6.42 Å². The summed E-state index contributed by atoms with van der Waals surface area (Å²) in [5, 5.41) is 0. The summed E-state index contributed by atoms with van der Waals surface area (Å²) < 4.78 is 10.5. The second-order valence-corrected chi connectivity index (χ2v) is 4.34. The van der Waals surface area contributed by atoms with Gasteiger partial charge in [-0.1, -0.05) is 6.07 Å². The molecule has 1 aliphatic heterocycles. The largest absolute Gasteiger partial charge is 0.493 e. The monoisotopic (exact) mass is 250 g/mol. The van der Waals surface area contributed by atoms with Crippen molar-refractivity contribution >= 4 is 5.91 Å². The minimum atomic E-state index is -0.0568. The van der Waals surface area contributed by atoms with Crippen LogP contribution in [0.1, 0.15) is 16.8 Å². The first-order chi connectivity index (χ1) is 8.67. The van der Waals surface area contributed by atoms with Crippen molar-refractivity contribution in [2.45, 2.75) is 12.5 Å². The Morgan fingerprint density at radius 2 is 2.17 bits per heavy atom. The van der Waals surface area contributed by atoms with Crippen molar-refractivity contribution in [3.63, 3.8) is 0 Å². The van der Waals surface area contributed by atoms with Gasteiger partial charge in [-0.2, -0.15) is 0 Å². The number of carbonyl (C=O) groups excluding carboxylic acids is 1. The molecular weight excluding hydrogens is 232 g/mol. The van der Waals surface area contributed by atoms with Crippen LogP contribution in [0, 0.1) is 0 Å². The second-order valence-electron chi connectivity index (χ2n) is 4.34. The highest BCUT2D eigenvalue weighted by molar-refractivity contribution is 5.98. The van der Waals surface area contributed by atoms with Crippen LogP contribution in [0.15, 0.2) is 18.2 Å². The average Bonchev–Trinajstić information content (AvgIpc) is 2.83. The lowest BCUT2D eigenvalue weighted by Gasteiger charge is -2.18. The van der Waals surface area contributed by atoms with E-state index in [2.05, 4.69) is 0 Å². The van der Waals surface area contributed by atoms with E-state index in [1.807, 2.05) is 0 Å².